The summed E-state index contributed by atoms with van der Waals surface area (Å²) in [5.41, 5.74) is 2.91. The predicted molar refractivity (Wildman–Crippen MR) is 127 cm³/mol. The Morgan fingerprint density at radius 1 is 1.32 bits per heavy atom. The molecule has 0 aliphatic rings. The highest BCUT2D eigenvalue weighted by molar-refractivity contribution is 9.10. The maximum absolute atomic E-state index is 12.4. The first-order valence-corrected chi connectivity index (χ1v) is 11.7. The van der Waals surface area contributed by atoms with Crippen LogP contribution in [0, 0.1) is 18.3 Å². The van der Waals surface area contributed by atoms with Crippen LogP contribution in [0.15, 0.2) is 40.3 Å². The summed E-state index contributed by atoms with van der Waals surface area (Å²) in [6, 6.07) is 9.89. The van der Waals surface area contributed by atoms with Crippen LogP contribution in [0.4, 0.5) is 5.00 Å². The number of Topliss-reactive ketones (excluding diaryl/α,β-unsaturated/α-hetero) is 1. The van der Waals surface area contributed by atoms with E-state index in [9.17, 15) is 14.9 Å². The van der Waals surface area contributed by atoms with Gasteiger partial charge < -0.3 is 10.1 Å². The van der Waals surface area contributed by atoms with E-state index in [1.165, 1.54) is 24.5 Å². The van der Waals surface area contributed by atoms with Crippen LogP contribution in [0.25, 0.3) is 16.8 Å². The van der Waals surface area contributed by atoms with Gasteiger partial charge in [0.05, 0.1) is 22.7 Å². The molecule has 0 atom stereocenters. The number of thiophene rings is 1. The first-order chi connectivity index (χ1) is 14.8. The number of esters is 1. The van der Waals surface area contributed by atoms with Crippen molar-refractivity contribution in [2.24, 2.45) is 0 Å². The Bertz CT molecular complexity index is 1200. The number of rotatable bonds is 7. The first kappa shape index (κ1) is 22.9. The van der Waals surface area contributed by atoms with Crippen molar-refractivity contribution >= 4 is 60.9 Å². The number of hydrogen-bond acceptors (Lipinski definition) is 8. The number of carbonyl (C=O) groups excluding carboxylic acids is 2. The molecule has 2 aromatic heterocycles. The number of allylic oxidation sites excluding steroid dienone is 1. The first-order valence-electron chi connectivity index (χ1n) is 9.25. The molecule has 3 rings (SSSR count). The third-order valence-electron chi connectivity index (χ3n) is 4.29. The quantitative estimate of drug-likeness (QED) is 0.225. The number of halogens is 1. The molecule has 1 N–H and O–H groups in total. The molecular formula is C22H18BrN3O3S2. The minimum absolute atomic E-state index is 0.135. The second-order valence-electron chi connectivity index (χ2n) is 6.40. The Hall–Kier alpha value is -2.80. The van der Waals surface area contributed by atoms with Gasteiger partial charge in [-0.3, -0.25) is 4.79 Å². The number of benzene rings is 1. The maximum Gasteiger partial charge on any atom is 0.341 e. The normalized spacial score (nSPS) is 11.1. The number of ketones is 1. The summed E-state index contributed by atoms with van der Waals surface area (Å²) in [6.45, 7) is 5.11. The van der Waals surface area contributed by atoms with E-state index in [4.69, 9.17) is 4.74 Å². The molecule has 3 aromatic rings. The van der Waals surface area contributed by atoms with Crippen molar-refractivity contribution < 1.29 is 14.3 Å². The van der Waals surface area contributed by atoms with Crippen molar-refractivity contribution in [3.05, 3.63) is 61.3 Å². The van der Waals surface area contributed by atoms with E-state index in [2.05, 4.69) is 32.3 Å². The largest absolute Gasteiger partial charge is 0.462 e. The summed E-state index contributed by atoms with van der Waals surface area (Å²) < 4.78 is 6.11. The van der Waals surface area contributed by atoms with Gasteiger partial charge >= 0.3 is 5.97 Å². The second-order valence-corrected chi connectivity index (χ2v) is 9.19. The van der Waals surface area contributed by atoms with Crippen LogP contribution >= 0.6 is 38.6 Å². The van der Waals surface area contributed by atoms with E-state index in [0.29, 0.717) is 31.6 Å². The lowest BCUT2D eigenvalue weighted by molar-refractivity contribution is 0.0527. The van der Waals surface area contributed by atoms with Crippen molar-refractivity contribution in [1.82, 2.24) is 4.98 Å². The highest BCUT2D eigenvalue weighted by Crippen LogP contribution is 2.35. The number of anilines is 1. The van der Waals surface area contributed by atoms with Crippen molar-refractivity contribution in [3.8, 4) is 17.3 Å². The van der Waals surface area contributed by atoms with Crippen molar-refractivity contribution in [3.63, 3.8) is 0 Å². The van der Waals surface area contributed by atoms with Crippen LogP contribution in [-0.2, 0) is 4.74 Å². The average molecular weight is 516 g/mol. The summed E-state index contributed by atoms with van der Waals surface area (Å²) in [5.74, 6) is -0.644. The fraction of sp³-hybridized carbons (Fsp3) is 0.182. The molecule has 2 heterocycles. The summed E-state index contributed by atoms with van der Waals surface area (Å²) >= 11 is 5.93. The summed E-state index contributed by atoms with van der Waals surface area (Å²) in [7, 11) is 0. The second kappa shape index (κ2) is 10.0. The van der Waals surface area contributed by atoms with Gasteiger partial charge in [-0.2, -0.15) is 5.26 Å². The van der Waals surface area contributed by atoms with Gasteiger partial charge in [-0.05, 0) is 38.5 Å². The molecule has 0 aliphatic carbocycles. The third-order valence-corrected chi connectivity index (χ3v) is 7.02. The smallest absolute Gasteiger partial charge is 0.341 e. The number of ether oxygens (including phenoxy) is 1. The monoisotopic (exact) mass is 515 g/mol. The van der Waals surface area contributed by atoms with Gasteiger partial charge in [0.1, 0.15) is 21.7 Å². The molecule has 31 heavy (non-hydrogen) atoms. The maximum atomic E-state index is 12.4. The van der Waals surface area contributed by atoms with Crippen molar-refractivity contribution in [2.45, 2.75) is 20.8 Å². The van der Waals surface area contributed by atoms with E-state index in [1.807, 2.05) is 29.6 Å². The fourth-order valence-electron chi connectivity index (χ4n) is 2.83. The molecule has 1 aromatic carbocycles. The SMILES string of the molecule is CCOC(=O)c1c(N/C=C(/C#N)c2nc(-c3ccc(Br)cc3)cs2)sc(C(C)=O)c1C. The number of nitrogens with one attached hydrogen (secondary N) is 1. The molecule has 9 heteroatoms. The highest BCUT2D eigenvalue weighted by Gasteiger charge is 2.24. The van der Waals surface area contributed by atoms with E-state index >= 15 is 0 Å². The molecule has 6 nitrogen and oxygen atoms in total. The lowest BCUT2D eigenvalue weighted by Crippen LogP contribution is -2.08. The Balaban J connectivity index is 1.92. The molecule has 0 amide bonds. The van der Waals surface area contributed by atoms with Crippen LogP contribution in [0.2, 0.25) is 0 Å². The molecule has 0 aliphatic heterocycles. The molecular weight excluding hydrogens is 498 g/mol. The number of nitrogens with zero attached hydrogens (tertiary/aromatic N) is 2. The van der Waals surface area contributed by atoms with Gasteiger partial charge in [0.2, 0.25) is 0 Å². The van der Waals surface area contributed by atoms with Gasteiger partial charge in [-0.15, -0.1) is 22.7 Å². The van der Waals surface area contributed by atoms with Crippen molar-refractivity contribution in [1.29, 1.82) is 5.26 Å². The molecule has 158 valence electrons. The molecule has 0 saturated carbocycles. The van der Waals surface area contributed by atoms with Gasteiger partial charge in [-0.25, -0.2) is 9.78 Å². The zero-order chi connectivity index (χ0) is 22.5. The Labute approximate surface area is 196 Å². The molecule has 0 bridgehead atoms. The molecule has 0 radical (unpaired) electrons. The van der Waals surface area contributed by atoms with E-state index in [1.54, 1.807) is 13.8 Å². The van der Waals surface area contributed by atoms with Crippen molar-refractivity contribution in [2.75, 3.05) is 11.9 Å². The van der Waals surface area contributed by atoms with Crippen LogP contribution in [0.5, 0.6) is 0 Å². The van der Waals surface area contributed by atoms with Crippen LogP contribution in [-0.4, -0.2) is 23.3 Å². The van der Waals surface area contributed by atoms with Crippen LogP contribution < -0.4 is 5.32 Å². The standard InChI is InChI=1S/C22H18BrN3O3S2/c1-4-29-22(28)18-12(2)19(13(3)27)31-21(18)25-10-15(9-24)20-26-17(11-30-20)14-5-7-16(23)8-6-14/h5-8,10-11,25H,4H2,1-3H3/b15-10-. The zero-order valence-electron chi connectivity index (χ0n) is 17.0. The molecule has 0 saturated heterocycles. The van der Waals surface area contributed by atoms with Gasteiger partial charge in [0, 0.05) is 21.6 Å². The Morgan fingerprint density at radius 2 is 2.03 bits per heavy atom. The summed E-state index contributed by atoms with van der Waals surface area (Å²) in [5, 5.41) is 15.6. The lowest BCUT2D eigenvalue weighted by Gasteiger charge is -2.05. The molecule has 0 unspecified atom stereocenters. The van der Waals surface area contributed by atoms with E-state index in [0.717, 1.165) is 27.1 Å². The molecule has 0 fully saturated rings. The Kier molecular flexibility index (Phi) is 7.38. The molecule has 0 spiro atoms. The van der Waals surface area contributed by atoms with Crippen LogP contribution in [0.3, 0.4) is 0 Å². The highest BCUT2D eigenvalue weighted by atomic mass is 79.9. The number of hydrogen-bond donors (Lipinski definition) is 1. The van der Waals surface area contributed by atoms with Gasteiger partial charge in [0.25, 0.3) is 0 Å². The fourth-order valence-corrected chi connectivity index (χ4v) is 4.95. The summed E-state index contributed by atoms with van der Waals surface area (Å²) in [6.07, 6.45) is 1.50. The van der Waals surface area contributed by atoms with Gasteiger partial charge in [-0.1, -0.05) is 28.1 Å². The number of aromatic nitrogens is 1. The van der Waals surface area contributed by atoms with Gasteiger partial charge in [0.15, 0.2) is 5.78 Å². The minimum Gasteiger partial charge on any atom is -0.462 e. The van der Waals surface area contributed by atoms with Crippen LogP contribution in [0.1, 0.15) is 44.4 Å². The average Bonchev–Trinajstić information content (AvgIpc) is 3.34. The number of thiazole rings is 1. The lowest BCUT2D eigenvalue weighted by atomic mass is 10.1. The third kappa shape index (κ3) is 5.10. The zero-order valence-corrected chi connectivity index (χ0v) is 20.2. The minimum atomic E-state index is -0.509. The number of nitriles is 1. The van der Waals surface area contributed by atoms with E-state index in [-0.39, 0.29) is 12.4 Å². The summed E-state index contributed by atoms with van der Waals surface area (Å²) in [4.78, 5) is 29.4. The topological polar surface area (TPSA) is 92.1 Å². The van der Waals surface area contributed by atoms with E-state index < -0.39 is 5.97 Å². The predicted octanol–water partition coefficient (Wildman–Crippen LogP) is 6.30. The number of carbonyl (C=O) groups is 2. The Morgan fingerprint density at radius 3 is 2.65 bits per heavy atom.